The quantitative estimate of drug-likeness (QED) is 0.931. The minimum Gasteiger partial charge on any atom is -0.490 e. The number of rotatable bonds is 4. The number of aliphatic hydroxyl groups excluding tert-OH is 1. The van der Waals surface area contributed by atoms with Crippen LogP contribution < -0.4 is 4.74 Å². The Morgan fingerprint density at radius 1 is 1.43 bits per heavy atom. The highest BCUT2D eigenvalue weighted by Crippen LogP contribution is 2.37. The lowest BCUT2D eigenvalue weighted by molar-refractivity contribution is -0.00212. The summed E-state index contributed by atoms with van der Waals surface area (Å²) in [7, 11) is 0. The molecule has 1 N–H and O–H groups in total. The molecule has 2 heterocycles. The van der Waals surface area contributed by atoms with E-state index >= 15 is 0 Å². The molecule has 124 valence electrons. The Bertz CT molecular complexity index is 667. The minimum atomic E-state index is -0.555. The van der Waals surface area contributed by atoms with Crippen molar-refractivity contribution in [3.05, 3.63) is 41.4 Å². The first-order chi connectivity index (χ1) is 10.8. The zero-order valence-electron chi connectivity index (χ0n) is 13.6. The maximum atomic E-state index is 10.8. The van der Waals surface area contributed by atoms with Crippen LogP contribution in [0.2, 0.25) is 5.02 Å². The van der Waals surface area contributed by atoms with E-state index in [9.17, 15) is 5.11 Å². The van der Waals surface area contributed by atoms with Gasteiger partial charge in [0, 0.05) is 17.9 Å². The standard InChI is InChI=1S/C17H22ClN3O2/c1-17(2,3)16(22)14(21-10-19-9-20-21)8-13-7-11-6-12(18)4-5-15(11)23-13/h4-6,9-10,13-14,16,22H,7-8H2,1-3H3. The molecule has 1 aliphatic rings. The lowest BCUT2D eigenvalue weighted by Gasteiger charge is -2.34. The molecule has 0 saturated carbocycles. The van der Waals surface area contributed by atoms with Gasteiger partial charge in [-0.1, -0.05) is 32.4 Å². The highest BCUT2D eigenvalue weighted by atomic mass is 35.5. The van der Waals surface area contributed by atoms with Crippen molar-refractivity contribution in [2.75, 3.05) is 0 Å². The van der Waals surface area contributed by atoms with E-state index in [4.69, 9.17) is 16.3 Å². The van der Waals surface area contributed by atoms with Crippen molar-refractivity contribution in [1.29, 1.82) is 0 Å². The third kappa shape index (κ3) is 3.51. The normalized spacial score (nSPS) is 20.0. The van der Waals surface area contributed by atoms with Crippen LogP contribution in [0.5, 0.6) is 5.75 Å². The van der Waals surface area contributed by atoms with Gasteiger partial charge in [-0.05, 0) is 29.2 Å². The van der Waals surface area contributed by atoms with E-state index in [0.29, 0.717) is 6.42 Å². The number of aliphatic hydroxyl groups is 1. The molecule has 0 fully saturated rings. The highest BCUT2D eigenvalue weighted by Gasteiger charge is 2.36. The summed E-state index contributed by atoms with van der Waals surface area (Å²) in [6, 6.07) is 5.50. The summed E-state index contributed by atoms with van der Waals surface area (Å²) in [6.45, 7) is 6.06. The van der Waals surface area contributed by atoms with E-state index in [0.717, 1.165) is 22.8 Å². The summed E-state index contributed by atoms with van der Waals surface area (Å²) in [6.07, 6.45) is 4.03. The number of hydrogen-bond acceptors (Lipinski definition) is 4. The van der Waals surface area contributed by atoms with Gasteiger partial charge in [-0.15, -0.1) is 0 Å². The molecule has 1 aliphatic heterocycles. The summed E-state index contributed by atoms with van der Waals surface area (Å²) in [5.74, 6) is 0.877. The number of halogens is 1. The van der Waals surface area contributed by atoms with Crippen LogP contribution in [0.3, 0.4) is 0 Å². The average molecular weight is 336 g/mol. The predicted molar refractivity (Wildman–Crippen MR) is 88.7 cm³/mol. The van der Waals surface area contributed by atoms with Crippen molar-refractivity contribution in [2.24, 2.45) is 5.41 Å². The molecule has 5 nitrogen and oxygen atoms in total. The zero-order valence-corrected chi connectivity index (χ0v) is 14.4. The number of hydrogen-bond donors (Lipinski definition) is 1. The van der Waals surface area contributed by atoms with Crippen LogP contribution >= 0.6 is 11.6 Å². The number of benzene rings is 1. The lowest BCUT2D eigenvalue weighted by Crippen LogP contribution is -2.38. The second kappa shape index (κ2) is 6.13. The Hall–Kier alpha value is -1.59. The number of ether oxygens (including phenoxy) is 1. The molecule has 3 atom stereocenters. The molecule has 0 radical (unpaired) electrons. The molecule has 3 unspecified atom stereocenters. The van der Waals surface area contributed by atoms with E-state index in [1.165, 1.54) is 6.33 Å². The molecule has 3 rings (SSSR count). The van der Waals surface area contributed by atoms with Gasteiger partial charge in [-0.25, -0.2) is 9.67 Å². The van der Waals surface area contributed by atoms with Crippen molar-refractivity contribution in [1.82, 2.24) is 14.8 Å². The number of fused-ring (bicyclic) bond motifs is 1. The third-order valence-corrected chi connectivity index (χ3v) is 4.53. The van der Waals surface area contributed by atoms with Crippen LogP contribution in [-0.4, -0.2) is 32.1 Å². The number of nitrogens with zero attached hydrogens (tertiary/aromatic N) is 3. The predicted octanol–water partition coefficient (Wildman–Crippen LogP) is 3.27. The Morgan fingerprint density at radius 3 is 2.87 bits per heavy atom. The van der Waals surface area contributed by atoms with E-state index in [1.54, 1.807) is 11.0 Å². The molecular weight excluding hydrogens is 314 g/mol. The van der Waals surface area contributed by atoms with Gasteiger partial charge < -0.3 is 9.84 Å². The first kappa shape index (κ1) is 16.3. The van der Waals surface area contributed by atoms with Crippen LogP contribution in [0, 0.1) is 5.41 Å². The van der Waals surface area contributed by atoms with E-state index in [-0.39, 0.29) is 17.6 Å². The maximum absolute atomic E-state index is 10.8. The van der Waals surface area contributed by atoms with Gasteiger partial charge >= 0.3 is 0 Å². The highest BCUT2D eigenvalue weighted by molar-refractivity contribution is 6.30. The van der Waals surface area contributed by atoms with Gasteiger partial charge in [0.1, 0.15) is 24.5 Å². The van der Waals surface area contributed by atoms with Crippen molar-refractivity contribution < 1.29 is 9.84 Å². The second-order valence-corrected chi connectivity index (χ2v) is 7.62. The lowest BCUT2D eigenvalue weighted by atomic mass is 9.82. The van der Waals surface area contributed by atoms with Gasteiger partial charge in [-0.3, -0.25) is 0 Å². The Morgan fingerprint density at radius 2 is 2.22 bits per heavy atom. The summed E-state index contributed by atoms with van der Waals surface area (Å²) in [5, 5.41) is 15.7. The molecule has 0 aliphatic carbocycles. The zero-order chi connectivity index (χ0) is 16.6. The van der Waals surface area contributed by atoms with Gasteiger partial charge in [0.15, 0.2) is 0 Å². The maximum Gasteiger partial charge on any atom is 0.137 e. The summed E-state index contributed by atoms with van der Waals surface area (Å²) in [4.78, 5) is 4.02. The summed E-state index contributed by atoms with van der Waals surface area (Å²) in [5.41, 5.74) is 0.857. The van der Waals surface area contributed by atoms with E-state index in [2.05, 4.69) is 10.1 Å². The average Bonchev–Trinajstić information content (AvgIpc) is 3.11. The van der Waals surface area contributed by atoms with Crippen LogP contribution in [0.1, 0.15) is 38.8 Å². The summed E-state index contributed by atoms with van der Waals surface area (Å²) >= 11 is 6.05. The smallest absolute Gasteiger partial charge is 0.137 e. The Balaban J connectivity index is 1.78. The largest absolute Gasteiger partial charge is 0.490 e. The molecule has 1 aromatic heterocycles. The molecule has 0 spiro atoms. The molecule has 0 amide bonds. The van der Waals surface area contributed by atoms with Gasteiger partial charge in [0.05, 0.1) is 12.1 Å². The molecule has 6 heteroatoms. The van der Waals surface area contributed by atoms with Crippen LogP contribution in [0.15, 0.2) is 30.9 Å². The van der Waals surface area contributed by atoms with Crippen LogP contribution in [0.4, 0.5) is 0 Å². The van der Waals surface area contributed by atoms with Gasteiger partial charge in [0.25, 0.3) is 0 Å². The monoisotopic (exact) mass is 335 g/mol. The van der Waals surface area contributed by atoms with Gasteiger partial charge in [0.2, 0.25) is 0 Å². The van der Waals surface area contributed by atoms with Crippen molar-refractivity contribution in [3.8, 4) is 5.75 Å². The van der Waals surface area contributed by atoms with Crippen LogP contribution in [-0.2, 0) is 6.42 Å². The molecule has 2 aromatic rings. The summed E-state index contributed by atoms with van der Waals surface area (Å²) < 4.78 is 7.75. The van der Waals surface area contributed by atoms with E-state index in [1.807, 2.05) is 39.0 Å². The fraction of sp³-hybridized carbons (Fsp3) is 0.529. The SMILES string of the molecule is CC(C)(C)C(O)C(CC1Cc2cc(Cl)ccc2O1)n1cncn1. The molecule has 23 heavy (non-hydrogen) atoms. The molecular formula is C17H22ClN3O2. The van der Waals surface area contributed by atoms with Crippen molar-refractivity contribution in [2.45, 2.75) is 51.9 Å². The Kier molecular flexibility index (Phi) is 4.34. The topological polar surface area (TPSA) is 60.2 Å². The Labute approximate surface area is 141 Å². The molecule has 1 aromatic carbocycles. The number of aromatic nitrogens is 3. The van der Waals surface area contributed by atoms with E-state index < -0.39 is 6.10 Å². The molecule has 0 bridgehead atoms. The third-order valence-electron chi connectivity index (χ3n) is 4.30. The fourth-order valence-electron chi connectivity index (χ4n) is 3.04. The second-order valence-electron chi connectivity index (χ2n) is 7.19. The van der Waals surface area contributed by atoms with Crippen molar-refractivity contribution in [3.63, 3.8) is 0 Å². The first-order valence-corrected chi connectivity index (χ1v) is 8.19. The molecule has 0 saturated heterocycles. The minimum absolute atomic E-state index is 0.00494. The van der Waals surface area contributed by atoms with Gasteiger partial charge in [-0.2, -0.15) is 5.10 Å². The fourth-order valence-corrected chi connectivity index (χ4v) is 3.23. The van der Waals surface area contributed by atoms with Crippen LogP contribution in [0.25, 0.3) is 0 Å². The first-order valence-electron chi connectivity index (χ1n) is 7.82. The van der Waals surface area contributed by atoms with Crippen molar-refractivity contribution >= 4 is 11.6 Å².